The minimum Gasteiger partial charge on any atom is -0.456 e. The minimum absolute atomic E-state index is 0.0134. The van der Waals surface area contributed by atoms with Crippen LogP contribution in [0.15, 0.2) is 66.8 Å². The third-order valence-electron chi connectivity index (χ3n) is 4.64. The Balaban J connectivity index is 2.08. The average Bonchev–Trinajstić information content (AvgIpc) is 2.92. The number of hydrogen-bond donors (Lipinski definition) is 2. The Morgan fingerprint density at radius 2 is 1.60 bits per heavy atom. The number of amides is 2. The largest absolute Gasteiger partial charge is 0.456 e. The van der Waals surface area contributed by atoms with Gasteiger partial charge in [0.1, 0.15) is 18.2 Å². The molecule has 2 aromatic rings. The van der Waals surface area contributed by atoms with Gasteiger partial charge in [-0.2, -0.15) is 0 Å². The van der Waals surface area contributed by atoms with E-state index in [9.17, 15) is 24.0 Å². The molecule has 0 spiro atoms. The van der Waals surface area contributed by atoms with Crippen molar-refractivity contribution in [2.75, 3.05) is 13.2 Å². The molecule has 0 fully saturated rings. The van der Waals surface area contributed by atoms with E-state index in [1.54, 1.807) is 12.1 Å². The highest BCUT2D eigenvalue weighted by Gasteiger charge is 2.26. The molecule has 0 aliphatic heterocycles. The first-order valence-electron chi connectivity index (χ1n) is 11.5. The van der Waals surface area contributed by atoms with Crippen LogP contribution in [0.5, 0.6) is 5.75 Å². The number of hydrogen-bond acceptors (Lipinski definition) is 10. The van der Waals surface area contributed by atoms with Gasteiger partial charge in [0.15, 0.2) is 0 Å². The summed E-state index contributed by atoms with van der Waals surface area (Å²) in [7, 11) is 0. The molecule has 0 aliphatic rings. The van der Waals surface area contributed by atoms with Crippen LogP contribution in [-0.2, 0) is 23.8 Å². The molecular formula is C28H25N3O9. The standard InChI is InChI=1S/C28H25N3O9/c1-4-16-38-27(35)31(15-14-23(32)37-5-2)28(36)40-25(33)18(3)17-19-6-8-21(9-7-19)26(34)39-22-12-10-20(11-13-22)24(29)30/h4,6-13,17H,1,5,16H2,2-3H3,(H3,29,30). The van der Waals surface area contributed by atoms with Gasteiger partial charge in [-0.25, -0.2) is 24.0 Å². The smallest absolute Gasteiger partial charge is 0.439 e. The topological polar surface area (TPSA) is 175 Å². The molecule has 0 radical (unpaired) electrons. The van der Waals surface area contributed by atoms with E-state index in [1.165, 1.54) is 62.4 Å². The second-order valence-corrected chi connectivity index (χ2v) is 7.59. The summed E-state index contributed by atoms with van der Waals surface area (Å²) in [6, 6.07) is 14.0. The first-order valence-corrected chi connectivity index (χ1v) is 11.5. The first-order chi connectivity index (χ1) is 19.0. The van der Waals surface area contributed by atoms with Gasteiger partial charge in [-0.3, -0.25) is 5.41 Å². The molecule has 3 N–H and O–H groups in total. The molecule has 0 bridgehead atoms. The van der Waals surface area contributed by atoms with Crippen LogP contribution in [0.1, 0.15) is 35.3 Å². The summed E-state index contributed by atoms with van der Waals surface area (Å²) in [5, 5.41) is 7.39. The number of benzene rings is 2. The summed E-state index contributed by atoms with van der Waals surface area (Å²) in [6.07, 6.45) is -0.196. The van der Waals surface area contributed by atoms with Crippen molar-refractivity contribution in [1.29, 1.82) is 5.41 Å². The minimum atomic E-state index is -1.50. The number of nitrogen functional groups attached to an aromatic ring is 1. The zero-order valence-electron chi connectivity index (χ0n) is 21.6. The fourth-order valence-corrected chi connectivity index (χ4v) is 2.73. The molecule has 2 rings (SSSR count). The number of nitrogens with two attached hydrogens (primary N) is 1. The van der Waals surface area contributed by atoms with Gasteiger partial charge in [-0.15, -0.1) is 4.90 Å². The van der Waals surface area contributed by atoms with Crippen LogP contribution in [0, 0.1) is 17.4 Å². The Kier molecular flexibility index (Phi) is 11.4. The number of carbonyl (C=O) groups excluding carboxylic acids is 5. The quantitative estimate of drug-likeness (QED) is 0.0476. The molecule has 12 nitrogen and oxygen atoms in total. The van der Waals surface area contributed by atoms with Crippen molar-refractivity contribution < 1.29 is 42.9 Å². The van der Waals surface area contributed by atoms with Gasteiger partial charge in [0.2, 0.25) is 0 Å². The van der Waals surface area contributed by atoms with Gasteiger partial charge in [0, 0.05) is 23.1 Å². The van der Waals surface area contributed by atoms with E-state index in [2.05, 4.69) is 11.3 Å². The number of nitrogens with zero attached hydrogens (tertiary/aromatic N) is 1. The van der Waals surface area contributed by atoms with E-state index in [1.807, 2.05) is 12.0 Å². The maximum atomic E-state index is 12.4. The number of imide groups is 1. The number of esters is 3. The van der Waals surface area contributed by atoms with Crippen LogP contribution in [0.3, 0.4) is 0 Å². The van der Waals surface area contributed by atoms with E-state index in [4.69, 9.17) is 25.4 Å². The SMILES string of the molecule is C=CCOC(=O)N(C#CC(=O)OCC)C(=O)OC(=O)C(C)=Cc1ccc(C(=O)Oc2ccc(C(=N)N)cc2)cc1. The molecular weight excluding hydrogens is 522 g/mol. The van der Waals surface area contributed by atoms with Gasteiger partial charge in [0.05, 0.1) is 12.2 Å². The van der Waals surface area contributed by atoms with E-state index in [0.29, 0.717) is 11.1 Å². The lowest BCUT2D eigenvalue weighted by atomic mass is 10.1. The Labute approximate surface area is 229 Å². The molecule has 0 atom stereocenters. The zero-order chi connectivity index (χ0) is 29.7. The third-order valence-corrected chi connectivity index (χ3v) is 4.64. The second kappa shape index (κ2) is 14.9. The van der Waals surface area contributed by atoms with E-state index >= 15 is 0 Å². The molecule has 2 aromatic carbocycles. The molecule has 0 unspecified atom stereocenters. The summed E-state index contributed by atoms with van der Waals surface area (Å²) in [5.74, 6) is -0.708. The summed E-state index contributed by atoms with van der Waals surface area (Å²) < 4.78 is 19.3. The van der Waals surface area contributed by atoms with Crippen molar-refractivity contribution in [2.24, 2.45) is 5.73 Å². The van der Waals surface area contributed by atoms with Gasteiger partial charge in [-0.1, -0.05) is 24.8 Å². The maximum absolute atomic E-state index is 12.4. The highest BCUT2D eigenvalue weighted by atomic mass is 16.6. The molecule has 0 saturated carbocycles. The number of amidine groups is 1. The second-order valence-electron chi connectivity index (χ2n) is 7.59. The van der Waals surface area contributed by atoms with Gasteiger partial charge in [0.25, 0.3) is 0 Å². The first kappa shape index (κ1) is 30.5. The number of carbonyl (C=O) groups is 5. The van der Waals surface area contributed by atoms with Crippen LogP contribution in [0.4, 0.5) is 9.59 Å². The van der Waals surface area contributed by atoms with Gasteiger partial charge >= 0.3 is 30.1 Å². The van der Waals surface area contributed by atoms with Crippen molar-refractivity contribution in [3.63, 3.8) is 0 Å². The van der Waals surface area contributed by atoms with Crippen molar-refractivity contribution in [2.45, 2.75) is 13.8 Å². The fourth-order valence-electron chi connectivity index (χ4n) is 2.73. The Bertz CT molecular complexity index is 1400. The van der Waals surface area contributed by atoms with Gasteiger partial charge < -0.3 is 24.7 Å². The fraction of sp³-hybridized carbons (Fsp3) is 0.143. The van der Waals surface area contributed by atoms with Gasteiger partial charge in [-0.05, 0) is 61.9 Å². The van der Waals surface area contributed by atoms with E-state index < -0.39 is 30.1 Å². The molecule has 206 valence electrons. The molecule has 0 saturated heterocycles. The van der Waals surface area contributed by atoms with Crippen molar-refractivity contribution in [3.8, 4) is 17.7 Å². The summed E-state index contributed by atoms with van der Waals surface area (Å²) >= 11 is 0. The lowest BCUT2D eigenvalue weighted by molar-refractivity contribution is -0.136. The molecule has 0 aliphatic carbocycles. The van der Waals surface area contributed by atoms with Crippen LogP contribution >= 0.6 is 0 Å². The predicted octanol–water partition coefficient (Wildman–Crippen LogP) is 3.40. The Morgan fingerprint density at radius 1 is 0.975 bits per heavy atom. The highest BCUT2D eigenvalue weighted by molar-refractivity contribution is 6.03. The average molecular weight is 548 g/mol. The van der Waals surface area contributed by atoms with Crippen molar-refractivity contribution in [3.05, 3.63) is 83.4 Å². The Hall–Kier alpha value is -5.70. The zero-order valence-corrected chi connectivity index (χ0v) is 21.6. The normalized spacial score (nSPS) is 10.2. The summed E-state index contributed by atoms with van der Waals surface area (Å²) in [4.78, 5) is 61.0. The molecule has 12 heteroatoms. The predicted molar refractivity (Wildman–Crippen MR) is 142 cm³/mol. The third kappa shape index (κ3) is 9.31. The number of ether oxygens (including phenoxy) is 4. The van der Waals surface area contributed by atoms with Crippen LogP contribution in [0.2, 0.25) is 0 Å². The van der Waals surface area contributed by atoms with Crippen molar-refractivity contribution >= 4 is 42.0 Å². The lowest BCUT2D eigenvalue weighted by Crippen LogP contribution is -2.35. The summed E-state index contributed by atoms with van der Waals surface area (Å²) in [6.45, 7) is 6.00. The Morgan fingerprint density at radius 3 is 2.17 bits per heavy atom. The molecule has 40 heavy (non-hydrogen) atoms. The monoisotopic (exact) mass is 547 g/mol. The number of nitrogens with one attached hydrogen (secondary N) is 1. The van der Waals surface area contributed by atoms with Crippen molar-refractivity contribution in [1.82, 2.24) is 4.90 Å². The highest BCUT2D eigenvalue weighted by Crippen LogP contribution is 2.16. The lowest BCUT2D eigenvalue weighted by Gasteiger charge is -2.12. The van der Waals surface area contributed by atoms with E-state index in [-0.39, 0.29) is 40.8 Å². The number of rotatable bonds is 8. The maximum Gasteiger partial charge on any atom is 0.439 e. The molecule has 0 aromatic heterocycles. The van der Waals surface area contributed by atoms with Crippen LogP contribution in [0.25, 0.3) is 6.08 Å². The molecule has 2 amide bonds. The molecule has 0 heterocycles. The summed E-state index contributed by atoms with van der Waals surface area (Å²) in [5.41, 5.74) is 6.55. The van der Waals surface area contributed by atoms with Crippen LogP contribution in [-0.4, -0.2) is 54.0 Å². The van der Waals surface area contributed by atoms with E-state index in [0.717, 1.165) is 0 Å². The van der Waals surface area contributed by atoms with Crippen LogP contribution < -0.4 is 10.5 Å².